The maximum Gasteiger partial charge on any atom is 0.311 e. The number of esters is 1. The van der Waals surface area contributed by atoms with E-state index in [4.69, 9.17) is 14.2 Å². The highest BCUT2D eigenvalue weighted by atomic mass is 16.8. The van der Waals surface area contributed by atoms with Crippen molar-refractivity contribution in [3.05, 3.63) is 0 Å². The molecule has 3 saturated heterocycles. The molecule has 118 valence electrons. The lowest BCUT2D eigenvalue weighted by Gasteiger charge is -2.58. The molecule has 0 aromatic carbocycles. The van der Waals surface area contributed by atoms with Gasteiger partial charge in [-0.3, -0.25) is 4.79 Å². The van der Waals surface area contributed by atoms with Gasteiger partial charge in [0.25, 0.3) is 0 Å². The first-order chi connectivity index (χ1) is 9.80. The second-order valence-electron chi connectivity index (χ2n) is 7.28. The van der Waals surface area contributed by atoms with Gasteiger partial charge in [-0.15, -0.1) is 0 Å². The Labute approximate surface area is 123 Å². The number of aliphatic hydroxyl groups is 2. The van der Waals surface area contributed by atoms with Gasteiger partial charge in [0.15, 0.2) is 5.79 Å². The van der Waals surface area contributed by atoms with Gasteiger partial charge in [0.05, 0.1) is 18.1 Å². The minimum Gasteiger partial charge on any atom is -0.432 e. The summed E-state index contributed by atoms with van der Waals surface area (Å²) in [5.74, 6) is -2.31. The zero-order chi connectivity index (χ0) is 15.2. The van der Waals surface area contributed by atoms with Crippen LogP contribution >= 0.6 is 0 Å². The molecule has 1 saturated carbocycles. The number of fused-ring (bicyclic) bond motifs is 1. The Bertz CT molecular complexity index is 495. The Morgan fingerprint density at radius 2 is 1.95 bits per heavy atom. The third-order valence-corrected chi connectivity index (χ3v) is 6.15. The molecule has 9 atom stereocenters. The Kier molecular flexibility index (Phi) is 2.64. The van der Waals surface area contributed by atoms with E-state index in [1.54, 1.807) is 6.92 Å². The van der Waals surface area contributed by atoms with Gasteiger partial charge in [0.1, 0.15) is 5.60 Å². The fourth-order valence-electron chi connectivity index (χ4n) is 5.10. The van der Waals surface area contributed by atoms with Crippen LogP contribution in [0.25, 0.3) is 0 Å². The summed E-state index contributed by atoms with van der Waals surface area (Å²) >= 11 is 0. The maximum atomic E-state index is 12.1. The molecule has 0 aromatic rings. The van der Waals surface area contributed by atoms with Crippen molar-refractivity contribution in [2.75, 3.05) is 0 Å². The first-order valence-electron chi connectivity index (χ1n) is 7.75. The third-order valence-electron chi connectivity index (χ3n) is 6.15. The summed E-state index contributed by atoms with van der Waals surface area (Å²) in [5.41, 5.74) is -0.835. The van der Waals surface area contributed by atoms with Gasteiger partial charge < -0.3 is 24.4 Å². The number of aliphatic hydroxyl groups excluding tert-OH is 2. The summed E-state index contributed by atoms with van der Waals surface area (Å²) in [7, 11) is 0. The van der Waals surface area contributed by atoms with Crippen molar-refractivity contribution in [2.45, 2.75) is 63.5 Å². The second-order valence-corrected chi connectivity index (χ2v) is 7.28. The quantitative estimate of drug-likeness (QED) is 0.630. The molecular weight excluding hydrogens is 276 g/mol. The predicted octanol–water partition coefficient (Wildman–Crippen LogP) is 0.405. The zero-order valence-electron chi connectivity index (χ0n) is 12.5. The van der Waals surface area contributed by atoms with E-state index < -0.39 is 47.7 Å². The lowest BCUT2D eigenvalue weighted by Crippen LogP contribution is -2.72. The molecule has 2 bridgehead atoms. The fourth-order valence-corrected chi connectivity index (χ4v) is 5.10. The third kappa shape index (κ3) is 1.49. The molecule has 0 amide bonds. The Morgan fingerprint density at radius 3 is 2.67 bits per heavy atom. The van der Waals surface area contributed by atoms with Crippen LogP contribution in [0.3, 0.4) is 0 Å². The van der Waals surface area contributed by atoms with Crippen LogP contribution in [-0.2, 0) is 19.0 Å². The van der Waals surface area contributed by atoms with Crippen LogP contribution in [0.1, 0.15) is 33.6 Å². The van der Waals surface area contributed by atoms with Gasteiger partial charge in [0.2, 0.25) is 6.29 Å². The normalized spacial score (nSPS) is 62.1. The van der Waals surface area contributed by atoms with Crippen LogP contribution in [0.5, 0.6) is 0 Å². The molecule has 4 fully saturated rings. The largest absolute Gasteiger partial charge is 0.432 e. The zero-order valence-corrected chi connectivity index (χ0v) is 12.5. The van der Waals surface area contributed by atoms with Crippen LogP contribution in [-0.4, -0.2) is 46.1 Å². The van der Waals surface area contributed by atoms with Gasteiger partial charge in [-0.1, -0.05) is 13.8 Å². The number of rotatable bonds is 0. The summed E-state index contributed by atoms with van der Waals surface area (Å²) in [6.07, 6.45) is -1.12. The van der Waals surface area contributed by atoms with Crippen LogP contribution in [0.15, 0.2) is 0 Å². The summed E-state index contributed by atoms with van der Waals surface area (Å²) in [6, 6.07) is 0. The van der Waals surface area contributed by atoms with Crippen molar-refractivity contribution in [3.8, 4) is 0 Å². The van der Waals surface area contributed by atoms with E-state index in [-0.39, 0.29) is 11.8 Å². The van der Waals surface area contributed by atoms with Crippen molar-refractivity contribution in [2.24, 2.45) is 23.7 Å². The fraction of sp³-hybridized carbons (Fsp3) is 0.933. The van der Waals surface area contributed by atoms with Gasteiger partial charge in [-0.2, -0.15) is 0 Å². The molecule has 0 unspecified atom stereocenters. The van der Waals surface area contributed by atoms with Gasteiger partial charge >= 0.3 is 5.97 Å². The van der Waals surface area contributed by atoms with E-state index in [9.17, 15) is 15.0 Å². The molecular formula is C15H22O6. The minimum absolute atomic E-state index is 0.0111. The number of hydrogen-bond donors (Lipinski definition) is 2. The van der Waals surface area contributed by atoms with Crippen molar-refractivity contribution in [1.29, 1.82) is 0 Å². The van der Waals surface area contributed by atoms with Crippen molar-refractivity contribution in [3.63, 3.8) is 0 Å². The minimum atomic E-state index is -1.01. The maximum absolute atomic E-state index is 12.1. The van der Waals surface area contributed by atoms with E-state index >= 15 is 0 Å². The molecule has 6 heteroatoms. The van der Waals surface area contributed by atoms with Crippen LogP contribution < -0.4 is 0 Å². The highest BCUT2D eigenvalue weighted by Gasteiger charge is 2.75. The van der Waals surface area contributed by atoms with Gasteiger partial charge in [0, 0.05) is 12.3 Å². The molecule has 3 aliphatic heterocycles. The monoisotopic (exact) mass is 298 g/mol. The summed E-state index contributed by atoms with van der Waals surface area (Å²) in [4.78, 5) is 12.1. The average Bonchev–Trinajstić information content (AvgIpc) is 2.64. The van der Waals surface area contributed by atoms with E-state index in [1.807, 2.05) is 13.8 Å². The highest BCUT2D eigenvalue weighted by Crippen LogP contribution is 2.62. The molecule has 2 N–H and O–H groups in total. The van der Waals surface area contributed by atoms with Crippen LogP contribution in [0.2, 0.25) is 0 Å². The molecule has 1 spiro atoms. The van der Waals surface area contributed by atoms with Crippen molar-refractivity contribution >= 4 is 5.97 Å². The molecule has 0 aromatic heterocycles. The number of hydrogen-bond acceptors (Lipinski definition) is 6. The predicted molar refractivity (Wildman–Crippen MR) is 69.7 cm³/mol. The number of carbonyl (C=O) groups is 1. The summed E-state index contributed by atoms with van der Waals surface area (Å²) in [6.45, 7) is 5.51. The topological polar surface area (TPSA) is 85.2 Å². The SMILES string of the molecule is C[C@@H]1[C@H](O)[C@@H](O)[C@H]2[C@@H](C)C(=O)O[C@@H]3O[C@]4(C)CC[C@H]1[C@]32O4. The Balaban J connectivity index is 1.88. The lowest BCUT2D eigenvalue weighted by molar-refractivity contribution is -0.299. The number of ether oxygens (including phenoxy) is 3. The lowest BCUT2D eigenvalue weighted by atomic mass is 9.55. The summed E-state index contributed by atoms with van der Waals surface area (Å²) in [5, 5.41) is 21.0. The van der Waals surface area contributed by atoms with E-state index in [0.717, 1.165) is 6.42 Å². The molecule has 0 radical (unpaired) electrons. The smallest absolute Gasteiger partial charge is 0.311 e. The second kappa shape index (κ2) is 3.98. The highest BCUT2D eigenvalue weighted by molar-refractivity contribution is 5.74. The molecule has 3 heterocycles. The summed E-state index contributed by atoms with van der Waals surface area (Å²) < 4.78 is 17.7. The van der Waals surface area contributed by atoms with Crippen LogP contribution in [0.4, 0.5) is 0 Å². The Morgan fingerprint density at radius 1 is 1.24 bits per heavy atom. The Hall–Kier alpha value is -0.690. The molecule has 1 aliphatic carbocycles. The van der Waals surface area contributed by atoms with Gasteiger partial charge in [-0.05, 0) is 25.2 Å². The number of carbonyl (C=O) groups excluding carboxylic acids is 1. The van der Waals surface area contributed by atoms with Crippen molar-refractivity contribution in [1.82, 2.24) is 0 Å². The average molecular weight is 298 g/mol. The van der Waals surface area contributed by atoms with E-state index in [1.165, 1.54) is 0 Å². The molecule has 4 rings (SSSR count). The van der Waals surface area contributed by atoms with E-state index in [2.05, 4.69) is 0 Å². The van der Waals surface area contributed by atoms with Gasteiger partial charge in [-0.25, -0.2) is 0 Å². The molecule has 6 nitrogen and oxygen atoms in total. The first kappa shape index (κ1) is 13.9. The molecule has 4 aliphatic rings. The first-order valence-corrected chi connectivity index (χ1v) is 7.75. The molecule has 21 heavy (non-hydrogen) atoms. The van der Waals surface area contributed by atoms with Crippen molar-refractivity contribution < 1.29 is 29.2 Å². The van der Waals surface area contributed by atoms with Crippen LogP contribution in [0, 0.1) is 23.7 Å². The van der Waals surface area contributed by atoms with E-state index in [0.29, 0.717) is 6.42 Å². The standard InChI is InChI=1S/C15H22O6/c1-6-8-4-5-14(3)20-13-15(8,21-14)9(11(17)10(6)16)7(2)12(18)19-13/h6-11,13,16-17H,4-5H2,1-3H3/t6-,7+,8+,9+,10-,11-,13+,14-,15+/m0/s1.